The van der Waals surface area contributed by atoms with Crippen LogP contribution in [0.2, 0.25) is 0 Å². The molecule has 1 saturated heterocycles. The van der Waals surface area contributed by atoms with E-state index in [4.69, 9.17) is 25.3 Å². The third-order valence-electron chi connectivity index (χ3n) is 2.57. The van der Waals surface area contributed by atoms with Gasteiger partial charge in [-0.25, -0.2) is 0 Å². The molecule has 6 heteroatoms. The average molecular weight is 361 g/mol. The van der Waals surface area contributed by atoms with Gasteiger partial charge in [0.2, 0.25) is 0 Å². The molecule has 108 valence electrons. The Hall–Kier alpha value is 2.10. The predicted molar refractivity (Wildman–Crippen MR) is 104 cm³/mol. The van der Waals surface area contributed by atoms with Gasteiger partial charge in [0.1, 0.15) is 0 Å². The Morgan fingerprint density at radius 2 is 1.33 bits per heavy atom. The predicted octanol–water partition coefficient (Wildman–Crippen LogP) is 5.00. The van der Waals surface area contributed by atoms with Crippen LogP contribution in [0.25, 0.3) is 0 Å². The molecule has 4 unspecified atom stereocenters. The summed E-state index contributed by atoms with van der Waals surface area (Å²) in [4.78, 5) is 0. The molecule has 0 radical (unpaired) electrons. The summed E-state index contributed by atoms with van der Waals surface area (Å²) in [5.74, 6) is 4.95. The minimum Gasteiger partial charge on any atom is -0.164 e. The third kappa shape index (κ3) is 6.70. The summed E-state index contributed by atoms with van der Waals surface area (Å²) in [6, 6.07) is 0. The summed E-state index contributed by atoms with van der Waals surface area (Å²) in [6.07, 6.45) is 2.50. The monoisotopic (exact) mass is 360 g/mol. The van der Waals surface area contributed by atoms with Crippen LogP contribution >= 0.6 is 72.3 Å². The van der Waals surface area contributed by atoms with Crippen molar-refractivity contribution in [2.45, 2.75) is 46.4 Å². The summed E-state index contributed by atoms with van der Waals surface area (Å²) in [5.41, 5.74) is 0. The van der Waals surface area contributed by atoms with E-state index in [0.29, 0.717) is 19.7 Å². The Labute approximate surface area is 141 Å². The van der Waals surface area contributed by atoms with E-state index in [1.54, 1.807) is 0 Å². The number of thioether (sulfide) groups is 4. The van der Waals surface area contributed by atoms with Crippen LogP contribution in [0.4, 0.5) is 0 Å². The Bertz CT molecular complexity index is 183. The van der Waals surface area contributed by atoms with Crippen molar-refractivity contribution >= 4 is 72.3 Å². The number of hydrogen-bond donors (Lipinski definition) is 2. The standard InChI is InChI=1S/C12H24S6/c1-3-5-15-11(13)9-7-18-10(8-17-9)12(14)16-6-4-2/h9-14H,3-8H2,1-2H3. The van der Waals surface area contributed by atoms with Gasteiger partial charge in [0.25, 0.3) is 0 Å². The molecule has 0 aliphatic carbocycles. The largest absolute Gasteiger partial charge is 0.164 e. The first-order valence-electron chi connectivity index (χ1n) is 6.51. The zero-order valence-corrected chi connectivity index (χ0v) is 16.1. The van der Waals surface area contributed by atoms with Crippen LogP contribution in [0, 0.1) is 0 Å². The molecule has 4 atom stereocenters. The van der Waals surface area contributed by atoms with Gasteiger partial charge in [-0.15, -0.1) is 23.5 Å². The van der Waals surface area contributed by atoms with Crippen molar-refractivity contribution in [1.29, 1.82) is 0 Å². The topological polar surface area (TPSA) is 0 Å². The molecule has 0 spiro atoms. The first-order chi connectivity index (χ1) is 8.69. The summed E-state index contributed by atoms with van der Waals surface area (Å²) in [5, 5.41) is 1.42. The van der Waals surface area contributed by atoms with Gasteiger partial charge in [-0.3, -0.25) is 0 Å². The van der Waals surface area contributed by atoms with Crippen molar-refractivity contribution in [1.82, 2.24) is 0 Å². The molecule has 1 rings (SSSR count). The second kappa shape index (κ2) is 10.8. The Morgan fingerprint density at radius 3 is 1.61 bits per heavy atom. The van der Waals surface area contributed by atoms with Crippen LogP contribution in [-0.2, 0) is 0 Å². The molecule has 0 amide bonds. The second-order valence-corrected chi connectivity index (χ2v) is 11.1. The average Bonchev–Trinajstić information content (AvgIpc) is 2.42. The van der Waals surface area contributed by atoms with Crippen LogP contribution in [0.1, 0.15) is 26.7 Å². The highest BCUT2D eigenvalue weighted by molar-refractivity contribution is 8.15. The molecular formula is C12H24S6. The minimum atomic E-state index is 0.505. The van der Waals surface area contributed by atoms with Gasteiger partial charge in [-0.05, 0) is 24.3 Å². The molecule has 0 saturated carbocycles. The molecule has 0 bridgehead atoms. The first kappa shape index (κ1) is 18.1. The van der Waals surface area contributed by atoms with Gasteiger partial charge in [0, 0.05) is 22.0 Å². The van der Waals surface area contributed by atoms with Crippen molar-refractivity contribution < 1.29 is 0 Å². The van der Waals surface area contributed by atoms with E-state index in [1.807, 2.05) is 23.5 Å². The van der Waals surface area contributed by atoms with Crippen LogP contribution in [0.3, 0.4) is 0 Å². The quantitative estimate of drug-likeness (QED) is 0.461. The summed E-state index contributed by atoms with van der Waals surface area (Å²) < 4.78 is 1.01. The maximum absolute atomic E-state index is 4.75. The Kier molecular flexibility index (Phi) is 10.9. The first-order valence-corrected chi connectivity index (χ1v) is 11.7. The van der Waals surface area contributed by atoms with E-state index in [1.165, 1.54) is 35.9 Å². The van der Waals surface area contributed by atoms with Crippen molar-refractivity contribution in [3.8, 4) is 0 Å². The Morgan fingerprint density at radius 1 is 0.944 bits per heavy atom. The molecule has 0 aromatic heterocycles. The molecule has 1 aliphatic rings. The molecule has 0 N–H and O–H groups in total. The van der Waals surface area contributed by atoms with E-state index in [-0.39, 0.29) is 0 Å². The molecule has 1 fully saturated rings. The lowest BCUT2D eigenvalue weighted by atomic mass is 10.5. The normalized spacial score (nSPS) is 28.0. The van der Waals surface area contributed by atoms with Gasteiger partial charge >= 0.3 is 0 Å². The van der Waals surface area contributed by atoms with Gasteiger partial charge in [-0.1, -0.05) is 13.8 Å². The number of hydrogen-bond acceptors (Lipinski definition) is 6. The number of rotatable bonds is 8. The van der Waals surface area contributed by atoms with Crippen molar-refractivity contribution in [3.05, 3.63) is 0 Å². The van der Waals surface area contributed by atoms with Crippen molar-refractivity contribution in [2.24, 2.45) is 0 Å². The lowest BCUT2D eigenvalue weighted by molar-refractivity contribution is 1.01. The van der Waals surface area contributed by atoms with E-state index in [0.717, 1.165) is 0 Å². The van der Waals surface area contributed by atoms with E-state index >= 15 is 0 Å². The zero-order valence-electron chi connectivity index (χ0n) is 11.1. The van der Waals surface area contributed by atoms with Crippen molar-refractivity contribution in [3.63, 3.8) is 0 Å². The highest BCUT2D eigenvalue weighted by Gasteiger charge is 2.30. The summed E-state index contributed by atoms with van der Waals surface area (Å²) in [6.45, 7) is 4.48. The van der Waals surface area contributed by atoms with Gasteiger partial charge in [0.15, 0.2) is 0 Å². The summed E-state index contributed by atoms with van der Waals surface area (Å²) >= 11 is 17.7. The minimum absolute atomic E-state index is 0.505. The third-order valence-corrected chi connectivity index (χ3v) is 10.8. The van der Waals surface area contributed by atoms with E-state index in [2.05, 4.69) is 37.4 Å². The molecular weight excluding hydrogens is 337 g/mol. The fourth-order valence-corrected chi connectivity index (χ4v) is 8.79. The molecule has 1 aliphatic heterocycles. The van der Waals surface area contributed by atoms with E-state index < -0.39 is 0 Å². The highest BCUT2D eigenvalue weighted by Crippen LogP contribution is 2.41. The lowest BCUT2D eigenvalue weighted by Gasteiger charge is -2.33. The van der Waals surface area contributed by atoms with Gasteiger partial charge < -0.3 is 0 Å². The van der Waals surface area contributed by atoms with Crippen molar-refractivity contribution in [2.75, 3.05) is 23.0 Å². The second-order valence-electron chi connectivity index (χ2n) is 4.27. The molecule has 0 aromatic rings. The molecule has 0 aromatic carbocycles. The zero-order chi connectivity index (χ0) is 13.4. The SMILES string of the molecule is CCCSC(S)C1CSC(C(S)SCCC)CS1. The van der Waals surface area contributed by atoms with Crippen LogP contribution in [0.15, 0.2) is 0 Å². The van der Waals surface area contributed by atoms with Crippen LogP contribution < -0.4 is 0 Å². The maximum Gasteiger partial charge on any atom is 0.0598 e. The molecule has 1 heterocycles. The smallest absolute Gasteiger partial charge is 0.0598 e. The Balaban J connectivity index is 2.23. The van der Waals surface area contributed by atoms with Gasteiger partial charge in [-0.2, -0.15) is 48.8 Å². The highest BCUT2D eigenvalue weighted by atomic mass is 32.2. The molecule has 0 nitrogen and oxygen atoms in total. The van der Waals surface area contributed by atoms with Crippen LogP contribution in [-0.4, -0.2) is 42.7 Å². The fraction of sp³-hybridized carbons (Fsp3) is 1.00. The summed E-state index contributed by atoms with van der Waals surface area (Å²) in [7, 11) is 0. The van der Waals surface area contributed by atoms with Gasteiger partial charge in [0.05, 0.1) is 9.16 Å². The van der Waals surface area contributed by atoms with Crippen LogP contribution in [0.5, 0.6) is 0 Å². The fourth-order valence-electron chi connectivity index (χ4n) is 1.55. The van der Waals surface area contributed by atoms with E-state index in [9.17, 15) is 0 Å². The lowest BCUT2D eigenvalue weighted by Crippen LogP contribution is -2.31. The number of thiol groups is 2. The molecule has 18 heavy (non-hydrogen) atoms. The maximum atomic E-state index is 4.75.